The second-order valence-corrected chi connectivity index (χ2v) is 7.19. The average Bonchev–Trinajstić information content (AvgIpc) is 2.81. The standard InChI is InChI=1S/C25H25N3O3/c1-16-6-5-7-18(12-16)24-27-21-14-23(31-4)22(30-3)13-20(21)25(28-24)26-15-17-8-10-19(29-2)11-9-17/h5-14H,15H2,1-4H3,(H,26,27,28). The van der Waals surface area contributed by atoms with Crippen molar-refractivity contribution in [2.24, 2.45) is 0 Å². The number of anilines is 1. The maximum absolute atomic E-state index is 5.50. The SMILES string of the molecule is COc1ccc(CNc2nc(-c3cccc(C)c3)nc3cc(OC)c(OC)cc23)cc1. The summed E-state index contributed by atoms with van der Waals surface area (Å²) in [6, 6.07) is 19.9. The van der Waals surface area contributed by atoms with E-state index in [1.165, 1.54) is 0 Å². The first-order chi connectivity index (χ1) is 15.1. The summed E-state index contributed by atoms with van der Waals surface area (Å²) in [4.78, 5) is 9.65. The first-order valence-electron chi connectivity index (χ1n) is 9.99. The zero-order chi connectivity index (χ0) is 21.8. The quantitative estimate of drug-likeness (QED) is 0.445. The van der Waals surface area contributed by atoms with E-state index in [0.717, 1.165) is 39.2 Å². The number of nitrogens with zero attached hydrogens (tertiary/aromatic N) is 2. The smallest absolute Gasteiger partial charge is 0.162 e. The van der Waals surface area contributed by atoms with Crippen LogP contribution < -0.4 is 19.5 Å². The number of ether oxygens (including phenoxy) is 3. The molecule has 0 saturated heterocycles. The van der Waals surface area contributed by atoms with Crippen LogP contribution in [0.5, 0.6) is 17.2 Å². The number of methoxy groups -OCH3 is 3. The molecule has 31 heavy (non-hydrogen) atoms. The molecule has 6 nitrogen and oxygen atoms in total. The topological polar surface area (TPSA) is 65.5 Å². The van der Waals surface area contributed by atoms with E-state index < -0.39 is 0 Å². The third-order valence-electron chi connectivity index (χ3n) is 5.10. The molecule has 0 bridgehead atoms. The van der Waals surface area contributed by atoms with Gasteiger partial charge in [0.25, 0.3) is 0 Å². The Hall–Kier alpha value is -3.80. The molecule has 0 amide bonds. The van der Waals surface area contributed by atoms with Crippen LogP contribution in [-0.4, -0.2) is 31.3 Å². The lowest BCUT2D eigenvalue weighted by Crippen LogP contribution is -2.05. The number of aromatic nitrogens is 2. The summed E-state index contributed by atoms with van der Waals surface area (Å²) in [7, 11) is 4.90. The second kappa shape index (κ2) is 8.92. The summed E-state index contributed by atoms with van der Waals surface area (Å²) in [5.41, 5.74) is 4.01. The zero-order valence-corrected chi connectivity index (χ0v) is 18.1. The van der Waals surface area contributed by atoms with Crippen molar-refractivity contribution in [2.75, 3.05) is 26.6 Å². The van der Waals surface area contributed by atoms with Crippen molar-refractivity contribution in [3.8, 4) is 28.6 Å². The van der Waals surface area contributed by atoms with Crippen molar-refractivity contribution >= 4 is 16.7 Å². The van der Waals surface area contributed by atoms with Crippen molar-refractivity contribution in [3.05, 3.63) is 71.8 Å². The van der Waals surface area contributed by atoms with Gasteiger partial charge < -0.3 is 19.5 Å². The Morgan fingerprint density at radius 1 is 0.806 bits per heavy atom. The van der Waals surface area contributed by atoms with Gasteiger partial charge in [0.1, 0.15) is 11.6 Å². The van der Waals surface area contributed by atoms with E-state index in [4.69, 9.17) is 24.2 Å². The molecular weight excluding hydrogens is 390 g/mol. The highest BCUT2D eigenvalue weighted by Gasteiger charge is 2.14. The van der Waals surface area contributed by atoms with Crippen LogP contribution in [0.15, 0.2) is 60.7 Å². The molecule has 158 valence electrons. The minimum atomic E-state index is 0.609. The number of hydrogen-bond acceptors (Lipinski definition) is 6. The highest BCUT2D eigenvalue weighted by molar-refractivity contribution is 5.93. The van der Waals surface area contributed by atoms with E-state index in [0.29, 0.717) is 23.9 Å². The fraction of sp³-hybridized carbons (Fsp3) is 0.200. The largest absolute Gasteiger partial charge is 0.497 e. The number of fused-ring (bicyclic) bond motifs is 1. The van der Waals surface area contributed by atoms with Gasteiger partial charge in [-0.1, -0.05) is 35.9 Å². The van der Waals surface area contributed by atoms with Crippen LogP contribution in [0.25, 0.3) is 22.3 Å². The first-order valence-corrected chi connectivity index (χ1v) is 9.99. The molecule has 0 aliphatic heterocycles. The molecule has 0 saturated carbocycles. The number of benzene rings is 3. The molecule has 4 aromatic rings. The molecule has 1 heterocycles. The van der Waals surface area contributed by atoms with Crippen molar-refractivity contribution in [2.45, 2.75) is 13.5 Å². The van der Waals surface area contributed by atoms with Gasteiger partial charge in [-0.25, -0.2) is 9.97 Å². The van der Waals surface area contributed by atoms with Crippen LogP contribution in [-0.2, 0) is 6.54 Å². The maximum Gasteiger partial charge on any atom is 0.162 e. The van der Waals surface area contributed by atoms with Gasteiger partial charge >= 0.3 is 0 Å². The molecular formula is C25H25N3O3. The van der Waals surface area contributed by atoms with Gasteiger partial charge in [-0.2, -0.15) is 0 Å². The predicted octanol–water partition coefficient (Wildman–Crippen LogP) is 5.24. The van der Waals surface area contributed by atoms with E-state index in [1.807, 2.05) is 48.5 Å². The Balaban J connectivity index is 1.79. The predicted molar refractivity (Wildman–Crippen MR) is 123 cm³/mol. The van der Waals surface area contributed by atoms with E-state index in [9.17, 15) is 0 Å². The van der Waals surface area contributed by atoms with Gasteiger partial charge in [-0.3, -0.25) is 0 Å². The van der Waals surface area contributed by atoms with Crippen LogP contribution in [0.2, 0.25) is 0 Å². The maximum atomic E-state index is 5.50. The van der Waals surface area contributed by atoms with Crippen LogP contribution in [0.1, 0.15) is 11.1 Å². The van der Waals surface area contributed by atoms with Gasteiger partial charge in [0.05, 0.1) is 26.8 Å². The normalized spacial score (nSPS) is 10.7. The summed E-state index contributed by atoms with van der Waals surface area (Å²) < 4.78 is 16.2. The minimum absolute atomic E-state index is 0.609. The van der Waals surface area contributed by atoms with Crippen molar-refractivity contribution in [1.29, 1.82) is 0 Å². The van der Waals surface area contributed by atoms with Gasteiger partial charge in [0, 0.05) is 23.6 Å². The Labute approximate surface area is 181 Å². The molecule has 0 aliphatic rings. The number of aryl methyl sites for hydroxylation is 1. The highest BCUT2D eigenvalue weighted by Crippen LogP contribution is 2.35. The van der Waals surface area contributed by atoms with Crippen LogP contribution >= 0.6 is 0 Å². The lowest BCUT2D eigenvalue weighted by atomic mass is 10.1. The second-order valence-electron chi connectivity index (χ2n) is 7.19. The van der Waals surface area contributed by atoms with E-state index in [2.05, 4.69) is 24.4 Å². The Morgan fingerprint density at radius 2 is 1.55 bits per heavy atom. The molecule has 0 aliphatic carbocycles. The summed E-state index contributed by atoms with van der Waals surface area (Å²) in [5.74, 6) is 3.48. The van der Waals surface area contributed by atoms with E-state index in [1.54, 1.807) is 21.3 Å². The molecule has 4 rings (SSSR count). The van der Waals surface area contributed by atoms with Crippen molar-refractivity contribution in [1.82, 2.24) is 9.97 Å². The average molecular weight is 415 g/mol. The molecule has 6 heteroatoms. The monoisotopic (exact) mass is 415 g/mol. The number of hydrogen-bond donors (Lipinski definition) is 1. The summed E-state index contributed by atoms with van der Waals surface area (Å²) in [6.07, 6.45) is 0. The summed E-state index contributed by atoms with van der Waals surface area (Å²) in [6.45, 7) is 2.67. The van der Waals surface area contributed by atoms with Crippen LogP contribution in [0, 0.1) is 6.92 Å². The Kier molecular flexibility index (Phi) is 5.89. The zero-order valence-electron chi connectivity index (χ0n) is 18.1. The van der Waals surface area contributed by atoms with E-state index >= 15 is 0 Å². The molecule has 0 atom stereocenters. The third kappa shape index (κ3) is 4.38. The molecule has 0 fully saturated rings. The van der Waals surface area contributed by atoms with Gasteiger partial charge in [0.15, 0.2) is 17.3 Å². The lowest BCUT2D eigenvalue weighted by molar-refractivity contribution is 0.356. The molecule has 0 radical (unpaired) electrons. The fourth-order valence-electron chi connectivity index (χ4n) is 3.43. The molecule has 1 N–H and O–H groups in total. The highest BCUT2D eigenvalue weighted by atomic mass is 16.5. The van der Waals surface area contributed by atoms with Gasteiger partial charge in [0.2, 0.25) is 0 Å². The lowest BCUT2D eigenvalue weighted by Gasteiger charge is -2.14. The molecule has 0 unspecified atom stereocenters. The molecule has 3 aromatic carbocycles. The van der Waals surface area contributed by atoms with Crippen molar-refractivity contribution < 1.29 is 14.2 Å². The van der Waals surface area contributed by atoms with Crippen LogP contribution in [0.3, 0.4) is 0 Å². The number of rotatable bonds is 7. The fourth-order valence-corrected chi connectivity index (χ4v) is 3.43. The summed E-state index contributed by atoms with van der Waals surface area (Å²) >= 11 is 0. The molecule has 0 spiro atoms. The van der Waals surface area contributed by atoms with E-state index in [-0.39, 0.29) is 0 Å². The third-order valence-corrected chi connectivity index (χ3v) is 5.10. The minimum Gasteiger partial charge on any atom is -0.497 e. The van der Waals surface area contributed by atoms with Crippen LogP contribution in [0.4, 0.5) is 5.82 Å². The van der Waals surface area contributed by atoms with Crippen molar-refractivity contribution in [3.63, 3.8) is 0 Å². The van der Waals surface area contributed by atoms with Gasteiger partial charge in [-0.05, 0) is 36.8 Å². The van der Waals surface area contributed by atoms with Gasteiger partial charge in [-0.15, -0.1) is 0 Å². The Bertz CT molecular complexity index is 1210. The number of nitrogens with one attached hydrogen (secondary N) is 1. The first kappa shape index (κ1) is 20.5. The Morgan fingerprint density at radius 3 is 2.23 bits per heavy atom. The molecule has 1 aromatic heterocycles. The summed E-state index contributed by atoms with van der Waals surface area (Å²) in [5, 5.41) is 4.33.